The Balaban J connectivity index is 2.13. The number of aliphatic hydroxyl groups is 1. The second-order valence-corrected chi connectivity index (χ2v) is 5.34. The van der Waals surface area contributed by atoms with Gasteiger partial charge in [0.05, 0.1) is 11.8 Å². The minimum Gasteiger partial charge on any atom is -0.387 e. The molecule has 0 radical (unpaired) electrons. The molecular weight excluding hydrogens is 300 g/mol. The zero-order valence-corrected chi connectivity index (χ0v) is 12.3. The van der Waals surface area contributed by atoms with E-state index >= 15 is 0 Å². The minimum absolute atomic E-state index is 0.141. The van der Waals surface area contributed by atoms with Crippen LogP contribution in [0.1, 0.15) is 17.2 Å². The van der Waals surface area contributed by atoms with Crippen molar-refractivity contribution < 1.29 is 9.50 Å². The summed E-state index contributed by atoms with van der Waals surface area (Å²) in [4.78, 5) is 0. The van der Waals surface area contributed by atoms with Gasteiger partial charge in [0.15, 0.2) is 0 Å². The first kappa shape index (κ1) is 15.1. The van der Waals surface area contributed by atoms with Crippen LogP contribution in [0.2, 0.25) is 10.0 Å². The van der Waals surface area contributed by atoms with Crippen LogP contribution in [0.3, 0.4) is 0 Å². The van der Waals surface area contributed by atoms with Crippen molar-refractivity contribution in [1.29, 1.82) is 0 Å². The van der Waals surface area contributed by atoms with E-state index in [-0.39, 0.29) is 12.4 Å². The molecule has 0 aromatic heterocycles. The Morgan fingerprint density at radius 3 is 2.70 bits per heavy atom. The van der Waals surface area contributed by atoms with Crippen molar-refractivity contribution in [3.8, 4) is 0 Å². The Labute approximate surface area is 127 Å². The first-order valence-corrected chi connectivity index (χ1v) is 6.86. The second kappa shape index (κ2) is 6.44. The van der Waals surface area contributed by atoms with Crippen molar-refractivity contribution in [3.63, 3.8) is 0 Å². The number of aryl methyl sites for hydroxylation is 1. The number of halogens is 3. The summed E-state index contributed by atoms with van der Waals surface area (Å²) < 4.78 is 13.7. The highest BCUT2D eigenvalue weighted by atomic mass is 35.5. The van der Waals surface area contributed by atoms with Gasteiger partial charge >= 0.3 is 0 Å². The summed E-state index contributed by atoms with van der Waals surface area (Å²) in [7, 11) is 0. The molecule has 0 amide bonds. The number of benzene rings is 2. The Hall–Kier alpha value is -1.29. The lowest BCUT2D eigenvalue weighted by Crippen LogP contribution is -2.14. The normalized spacial score (nSPS) is 12.2. The van der Waals surface area contributed by atoms with Gasteiger partial charge < -0.3 is 10.4 Å². The van der Waals surface area contributed by atoms with Crippen molar-refractivity contribution in [3.05, 3.63) is 63.4 Å². The smallest absolute Gasteiger partial charge is 0.146 e. The van der Waals surface area contributed by atoms with Crippen LogP contribution in [0.25, 0.3) is 0 Å². The Bertz CT molecular complexity index is 599. The lowest BCUT2D eigenvalue weighted by Gasteiger charge is -2.16. The summed E-state index contributed by atoms with van der Waals surface area (Å²) in [6.07, 6.45) is -0.875. The Morgan fingerprint density at radius 2 is 2.00 bits per heavy atom. The van der Waals surface area contributed by atoms with E-state index in [2.05, 4.69) is 5.32 Å². The molecule has 0 aliphatic carbocycles. The van der Waals surface area contributed by atoms with Crippen molar-refractivity contribution in [2.75, 3.05) is 11.9 Å². The molecule has 2 N–H and O–H groups in total. The summed E-state index contributed by atoms with van der Waals surface area (Å²) in [5.74, 6) is -0.352. The molecule has 20 heavy (non-hydrogen) atoms. The van der Waals surface area contributed by atoms with Crippen molar-refractivity contribution >= 4 is 28.9 Å². The summed E-state index contributed by atoms with van der Waals surface area (Å²) in [5, 5.41) is 14.0. The van der Waals surface area contributed by atoms with Gasteiger partial charge in [-0.15, -0.1) is 0 Å². The summed E-state index contributed by atoms with van der Waals surface area (Å²) in [6, 6.07) is 9.67. The Kier molecular flexibility index (Phi) is 4.86. The fraction of sp³-hybridized carbons (Fsp3) is 0.200. The van der Waals surface area contributed by atoms with Gasteiger partial charge in [0.1, 0.15) is 5.82 Å². The molecule has 2 nitrogen and oxygen atoms in total. The highest BCUT2D eigenvalue weighted by Crippen LogP contribution is 2.27. The Morgan fingerprint density at radius 1 is 1.25 bits per heavy atom. The zero-order valence-electron chi connectivity index (χ0n) is 10.8. The van der Waals surface area contributed by atoms with E-state index in [0.717, 1.165) is 5.56 Å². The van der Waals surface area contributed by atoms with Crippen LogP contribution < -0.4 is 5.32 Å². The molecule has 0 aliphatic rings. The third-order valence-electron chi connectivity index (χ3n) is 3.01. The molecule has 5 heteroatoms. The molecular formula is C15H14Cl2FNO. The number of hydrogen-bond donors (Lipinski definition) is 2. The van der Waals surface area contributed by atoms with Gasteiger partial charge in [0.25, 0.3) is 0 Å². The van der Waals surface area contributed by atoms with Crippen LogP contribution in [0.15, 0.2) is 36.4 Å². The van der Waals surface area contributed by atoms with Gasteiger partial charge in [-0.2, -0.15) is 0 Å². The topological polar surface area (TPSA) is 32.3 Å². The molecule has 0 saturated heterocycles. The van der Waals surface area contributed by atoms with Gasteiger partial charge in [-0.25, -0.2) is 4.39 Å². The first-order chi connectivity index (χ1) is 9.49. The molecule has 0 bridgehead atoms. The van der Waals surface area contributed by atoms with Gasteiger partial charge in [0.2, 0.25) is 0 Å². The fourth-order valence-electron chi connectivity index (χ4n) is 1.93. The van der Waals surface area contributed by atoms with E-state index in [1.54, 1.807) is 37.3 Å². The van der Waals surface area contributed by atoms with E-state index in [4.69, 9.17) is 23.2 Å². The first-order valence-electron chi connectivity index (χ1n) is 6.11. The number of aliphatic hydroxyl groups excluding tert-OH is 1. The predicted molar refractivity (Wildman–Crippen MR) is 81.0 cm³/mol. The molecule has 0 aliphatic heterocycles. The van der Waals surface area contributed by atoms with Crippen molar-refractivity contribution in [2.24, 2.45) is 0 Å². The van der Waals surface area contributed by atoms with E-state index in [0.29, 0.717) is 21.3 Å². The van der Waals surface area contributed by atoms with E-state index in [1.807, 2.05) is 0 Å². The number of para-hydroxylation sites is 1. The predicted octanol–water partition coefficient (Wildman–Crippen LogP) is 4.59. The highest BCUT2D eigenvalue weighted by molar-refractivity contribution is 6.33. The van der Waals surface area contributed by atoms with Crippen molar-refractivity contribution in [1.82, 2.24) is 0 Å². The molecule has 0 fully saturated rings. The molecule has 0 spiro atoms. The number of nitrogens with one attached hydrogen (secondary N) is 1. The van der Waals surface area contributed by atoms with Crippen LogP contribution in [0, 0.1) is 12.7 Å². The molecule has 1 unspecified atom stereocenters. The van der Waals surface area contributed by atoms with Gasteiger partial charge in [-0.1, -0.05) is 35.3 Å². The molecule has 0 heterocycles. The van der Waals surface area contributed by atoms with Crippen LogP contribution >= 0.6 is 23.2 Å². The average Bonchev–Trinajstić information content (AvgIpc) is 2.40. The average molecular weight is 314 g/mol. The molecule has 1 atom stereocenters. The highest BCUT2D eigenvalue weighted by Gasteiger charge is 2.13. The van der Waals surface area contributed by atoms with E-state index in [9.17, 15) is 9.50 Å². The quantitative estimate of drug-likeness (QED) is 0.865. The van der Waals surface area contributed by atoms with Crippen molar-refractivity contribution in [2.45, 2.75) is 13.0 Å². The fourth-order valence-corrected chi connectivity index (χ4v) is 2.36. The third-order valence-corrected chi connectivity index (χ3v) is 3.59. The summed E-state index contributed by atoms with van der Waals surface area (Å²) >= 11 is 11.9. The van der Waals surface area contributed by atoms with Crippen LogP contribution in [0.4, 0.5) is 10.1 Å². The lowest BCUT2D eigenvalue weighted by molar-refractivity contribution is 0.191. The third kappa shape index (κ3) is 3.42. The van der Waals surface area contributed by atoms with Crippen LogP contribution in [-0.2, 0) is 0 Å². The maximum absolute atomic E-state index is 13.7. The minimum atomic E-state index is -0.875. The van der Waals surface area contributed by atoms with Gasteiger partial charge in [-0.05, 0) is 36.8 Å². The van der Waals surface area contributed by atoms with Crippen LogP contribution in [-0.4, -0.2) is 11.7 Å². The second-order valence-electron chi connectivity index (χ2n) is 4.49. The number of anilines is 1. The molecule has 2 aromatic rings. The molecule has 0 saturated carbocycles. The van der Waals surface area contributed by atoms with Gasteiger partial charge in [0, 0.05) is 22.2 Å². The van der Waals surface area contributed by atoms with E-state index in [1.165, 1.54) is 6.07 Å². The summed E-state index contributed by atoms with van der Waals surface area (Å²) in [5.41, 5.74) is 1.67. The number of rotatable bonds is 4. The zero-order chi connectivity index (χ0) is 14.7. The van der Waals surface area contributed by atoms with Gasteiger partial charge in [-0.3, -0.25) is 0 Å². The van der Waals surface area contributed by atoms with Crippen LogP contribution in [0.5, 0.6) is 0 Å². The van der Waals surface area contributed by atoms with E-state index < -0.39 is 6.10 Å². The standard InChI is InChI=1S/C15H14Cl2FNO/c1-9-3-2-4-13(18)15(9)19-8-14(20)11-7-10(16)5-6-12(11)17/h2-7,14,19-20H,8H2,1H3. The maximum atomic E-state index is 13.7. The molecule has 2 rings (SSSR count). The number of hydrogen-bond acceptors (Lipinski definition) is 2. The SMILES string of the molecule is Cc1cccc(F)c1NCC(O)c1cc(Cl)ccc1Cl. The summed E-state index contributed by atoms with van der Waals surface area (Å²) in [6.45, 7) is 1.94. The molecule has 106 valence electrons. The monoisotopic (exact) mass is 313 g/mol. The maximum Gasteiger partial charge on any atom is 0.146 e. The largest absolute Gasteiger partial charge is 0.387 e. The molecule has 2 aromatic carbocycles. The lowest BCUT2D eigenvalue weighted by atomic mass is 10.1.